The maximum absolute atomic E-state index is 12.4. The maximum atomic E-state index is 12.4. The van der Waals surface area contributed by atoms with Crippen molar-refractivity contribution in [3.63, 3.8) is 0 Å². The quantitative estimate of drug-likeness (QED) is 0.775. The Bertz CT molecular complexity index is 386. The van der Waals surface area contributed by atoms with Crippen molar-refractivity contribution in [3.8, 4) is 0 Å². The summed E-state index contributed by atoms with van der Waals surface area (Å²) in [7, 11) is -3.38. The van der Waals surface area contributed by atoms with Gasteiger partial charge in [0, 0.05) is 25.2 Å². The lowest BCUT2D eigenvalue weighted by atomic mass is 9.98. The van der Waals surface area contributed by atoms with Gasteiger partial charge in [-0.3, -0.25) is 0 Å². The van der Waals surface area contributed by atoms with E-state index < -0.39 is 15.7 Å². The van der Waals surface area contributed by atoms with E-state index in [1.54, 1.807) is 4.31 Å². The minimum atomic E-state index is -3.38. The number of nitrogens with one attached hydrogen (secondary N) is 1. The topological polar surface area (TPSA) is 75.4 Å². The highest BCUT2D eigenvalue weighted by molar-refractivity contribution is 7.87. The zero-order valence-corrected chi connectivity index (χ0v) is 12.2. The van der Waals surface area contributed by atoms with Gasteiger partial charge in [0.25, 0.3) is 10.2 Å². The molecule has 1 heterocycles. The number of piperidine rings is 1. The van der Waals surface area contributed by atoms with Crippen LogP contribution in [0.15, 0.2) is 0 Å². The lowest BCUT2D eigenvalue weighted by Crippen LogP contribution is -2.57. The van der Waals surface area contributed by atoms with Crippen molar-refractivity contribution in [2.45, 2.75) is 45.1 Å². The van der Waals surface area contributed by atoms with E-state index in [4.69, 9.17) is 5.73 Å². The van der Waals surface area contributed by atoms with E-state index in [9.17, 15) is 8.42 Å². The molecule has 2 aliphatic rings. The molecule has 1 aliphatic carbocycles. The van der Waals surface area contributed by atoms with Gasteiger partial charge in [-0.25, -0.2) is 0 Å². The van der Waals surface area contributed by atoms with Crippen LogP contribution in [0.1, 0.15) is 39.5 Å². The second-order valence-electron chi connectivity index (χ2n) is 6.08. The van der Waals surface area contributed by atoms with Crippen LogP contribution in [0.25, 0.3) is 0 Å². The molecule has 0 amide bonds. The Morgan fingerprint density at radius 2 is 1.83 bits per heavy atom. The van der Waals surface area contributed by atoms with Gasteiger partial charge in [0.05, 0.1) is 0 Å². The van der Waals surface area contributed by atoms with E-state index >= 15 is 0 Å². The predicted octanol–water partition coefficient (Wildman–Crippen LogP) is 0.680. The molecule has 106 valence electrons. The molecule has 0 bridgehead atoms. The van der Waals surface area contributed by atoms with E-state index in [0.717, 1.165) is 25.7 Å². The van der Waals surface area contributed by atoms with E-state index in [1.807, 2.05) is 6.92 Å². The molecule has 5 nitrogen and oxygen atoms in total. The van der Waals surface area contributed by atoms with Gasteiger partial charge in [0.1, 0.15) is 0 Å². The van der Waals surface area contributed by atoms with Crippen LogP contribution in [0, 0.1) is 11.8 Å². The average Bonchev–Trinajstić information content (AvgIpc) is 3.13. The molecule has 0 spiro atoms. The molecule has 1 unspecified atom stereocenters. The molecule has 0 aromatic rings. The van der Waals surface area contributed by atoms with Gasteiger partial charge in [-0.2, -0.15) is 17.4 Å². The minimum Gasteiger partial charge on any atom is -0.329 e. The minimum absolute atomic E-state index is 0.362. The number of hydrogen-bond acceptors (Lipinski definition) is 3. The molecule has 0 aromatic carbocycles. The first-order chi connectivity index (χ1) is 8.37. The molecule has 2 rings (SSSR count). The highest BCUT2D eigenvalue weighted by Gasteiger charge is 2.44. The van der Waals surface area contributed by atoms with Crippen LogP contribution in [-0.4, -0.2) is 37.9 Å². The standard InChI is InChI=1S/C12H25N3O2S/c1-10-5-7-15(8-6-10)18(16,17)14-12(2,9-13)11-3-4-11/h10-11,14H,3-9,13H2,1-2H3. The van der Waals surface area contributed by atoms with E-state index in [1.165, 1.54) is 0 Å². The first kappa shape index (κ1) is 14.2. The van der Waals surface area contributed by atoms with Gasteiger partial charge >= 0.3 is 0 Å². The zero-order valence-electron chi connectivity index (χ0n) is 11.4. The van der Waals surface area contributed by atoms with Crippen LogP contribution in [0.4, 0.5) is 0 Å². The zero-order chi connectivity index (χ0) is 13.4. The van der Waals surface area contributed by atoms with Crippen molar-refractivity contribution < 1.29 is 8.42 Å². The summed E-state index contributed by atoms with van der Waals surface area (Å²) in [5.41, 5.74) is 5.29. The molecular weight excluding hydrogens is 250 g/mol. The van der Waals surface area contributed by atoms with Crippen molar-refractivity contribution in [1.29, 1.82) is 0 Å². The molecule has 1 atom stereocenters. The third kappa shape index (κ3) is 3.04. The van der Waals surface area contributed by atoms with Crippen LogP contribution in [0.3, 0.4) is 0 Å². The van der Waals surface area contributed by atoms with Crippen LogP contribution in [-0.2, 0) is 10.2 Å². The van der Waals surface area contributed by atoms with Crippen molar-refractivity contribution in [2.75, 3.05) is 19.6 Å². The van der Waals surface area contributed by atoms with Gasteiger partial charge < -0.3 is 5.73 Å². The molecule has 3 N–H and O–H groups in total. The SMILES string of the molecule is CC1CCN(S(=O)(=O)NC(C)(CN)C2CC2)CC1. The van der Waals surface area contributed by atoms with Crippen molar-refractivity contribution in [2.24, 2.45) is 17.6 Å². The predicted molar refractivity (Wildman–Crippen MR) is 72.2 cm³/mol. The van der Waals surface area contributed by atoms with Crippen LogP contribution >= 0.6 is 0 Å². The number of nitrogens with two attached hydrogens (primary N) is 1. The monoisotopic (exact) mass is 275 g/mol. The van der Waals surface area contributed by atoms with Crippen LogP contribution in [0.5, 0.6) is 0 Å². The van der Waals surface area contributed by atoms with E-state index in [2.05, 4.69) is 11.6 Å². The van der Waals surface area contributed by atoms with Gasteiger partial charge in [-0.05, 0) is 44.4 Å². The van der Waals surface area contributed by atoms with Crippen LogP contribution < -0.4 is 10.5 Å². The lowest BCUT2D eigenvalue weighted by Gasteiger charge is -2.35. The van der Waals surface area contributed by atoms with Crippen molar-refractivity contribution >= 4 is 10.2 Å². The Balaban J connectivity index is 2.02. The van der Waals surface area contributed by atoms with Gasteiger partial charge in [0.15, 0.2) is 0 Å². The molecule has 1 aliphatic heterocycles. The third-order valence-electron chi connectivity index (χ3n) is 4.35. The van der Waals surface area contributed by atoms with Crippen molar-refractivity contribution in [3.05, 3.63) is 0 Å². The lowest BCUT2D eigenvalue weighted by molar-refractivity contribution is 0.274. The second-order valence-corrected chi connectivity index (χ2v) is 7.76. The summed E-state index contributed by atoms with van der Waals surface area (Å²) in [5, 5.41) is 0. The fourth-order valence-electron chi connectivity index (χ4n) is 2.60. The third-order valence-corrected chi connectivity index (χ3v) is 6.12. The summed E-state index contributed by atoms with van der Waals surface area (Å²) < 4.78 is 29.1. The highest BCUT2D eigenvalue weighted by Crippen LogP contribution is 2.39. The molecule has 18 heavy (non-hydrogen) atoms. The van der Waals surface area contributed by atoms with E-state index in [0.29, 0.717) is 31.5 Å². The summed E-state index contributed by atoms with van der Waals surface area (Å²) in [4.78, 5) is 0. The smallest absolute Gasteiger partial charge is 0.279 e. The van der Waals surface area contributed by atoms with Crippen LogP contribution in [0.2, 0.25) is 0 Å². The summed E-state index contributed by atoms with van der Waals surface area (Å²) in [6.45, 7) is 5.71. The summed E-state index contributed by atoms with van der Waals surface area (Å²) >= 11 is 0. The highest BCUT2D eigenvalue weighted by atomic mass is 32.2. The molecule has 0 radical (unpaired) electrons. The molecule has 2 fully saturated rings. The van der Waals surface area contributed by atoms with E-state index in [-0.39, 0.29) is 0 Å². The van der Waals surface area contributed by atoms with Crippen molar-refractivity contribution in [1.82, 2.24) is 9.03 Å². The summed E-state index contributed by atoms with van der Waals surface area (Å²) in [6.07, 6.45) is 4.05. The average molecular weight is 275 g/mol. The first-order valence-electron chi connectivity index (χ1n) is 6.86. The Morgan fingerprint density at radius 1 is 1.28 bits per heavy atom. The second kappa shape index (κ2) is 5.07. The first-order valence-corrected chi connectivity index (χ1v) is 8.30. The molecule has 0 aromatic heterocycles. The van der Waals surface area contributed by atoms with Gasteiger partial charge in [0.2, 0.25) is 0 Å². The molecule has 1 saturated heterocycles. The fourth-order valence-corrected chi connectivity index (χ4v) is 4.26. The number of rotatable bonds is 5. The van der Waals surface area contributed by atoms with Gasteiger partial charge in [-0.15, -0.1) is 0 Å². The number of nitrogens with zero attached hydrogens (tertiary/aromatic N) is 1. The Labute approximate surface area is 110 Å². The van der Waals surface area contributed by atoms with Gasteiger partial charge in [-0.1, -0.05) is 6.92 Å². The Morgan fingerprint density at radius 3 is 2.28 bits per heavy atom. The summed E-state index contributed by atoms with van der Waals surface area (Å²) in [5.74, 6) is 1.03. The molecule has 1 saturated carbocycles. The Kier molecular flexibility index (Phi) is 4.02. The Hall–Kier alpha value is -0.170. The molecule has 6 heteroatoms. The molecular formula is C12H25N3O2S. The largest absolute Gasteiger partial charge is 0.329 e. The fraction of sp³-hybridized carbons (Fsp3) is 1.00. The maximum Gasteiger partial charge on any atom is 0.279 e. The summed E-state index contributed by atoms with van der Waals surface area (Å²) in [6, 6.07) is 0. The number of hydrogen-bond donors (Lipinski definition) is 2. The normalized spacial score (nSPS) is 27.1.